The van der Waals surface area contributed by atoms with E-state index in [0.29, 0.717) is 11.2 Å². The van der Waals surface area contributed by atoms with Gasteiger partial charge in [-0.3, -0.25) is 0 Å². The van der Waals surface area contributed by atoms with Gasteiger partial charge in [0.15, 0.2) is 11.5 Å². The third kappa shape index (κ3) is 2.88. The molecule has 2 aromatic carbocycles. The summed E-state index contributed by atoms with van der Waals surface area (Å²) < 4.78 is 32.3. The lowest BCUT2D eigenvalue weighted by atomic mass is 10.0. The Labute approximate surface area is 153 Å². The zero-order chi connectivity index (χ0) is 18.1. The quantitative estimate of drug-likeness (QED) is 0.358. The minimum Gasteiger partial charge on any atom is -0.343 e. The number of fused-ring (bicyclic) bond motifs is 3. The molecular formula is C19H16F2N4S. The molecule has 4 aromatic rings. The molecule has 2 heterocycles. The summed E-state index contributed by atoms with van der Waals surface area (Å²) in [5, 5.41) is 1.70. The number of aromatic nitrogens is 3. The predicted octanol–water partition coefficient (Wildman–Crippen LogP) is 5.53. The number of imidazole rings is 1. The maximum absolute atomic E-state index is 14.9. The summed E-state index contributed by atoms with van der Waals surface area (Å²) in [4.78, 5) is 11.4. The lowest BCUT2D eigenvalue weighted by Gasteiger charge is -2.12. The molecule has 7 heteroatoms. The summed E-state index contributed by atoms with van der Waals surface area (Å²) >= 11 is 1.40. The van der Waals surface area contributed by atoms with E-state index >= 15 is 0 Å². The largest absolute Gasteiger partial charge is 0.343 e. The first-order valence-electron chi connectivity index (χ1n) is 8.27. The van der Waals surface area contributed by atoms with Crippen molar-refractivity contribution in [2.45, 2.75) is 13.3 Å². The molecule has 0 fully saturated rings. The number of nitrogens with zero attached hydrogens (tertiary/aromatic N) is 2. The van der Waals surface area contributed by atoms with E-state index in [1.807, 2.05) is 13.0 Å². The molecule has 0 saturated carbocycles. The first-order valence-corrected chi connectivity index (χ1v) is 9.25. The molecule has 0 amide bonds. The van der Waals surface area contributed by atoms with Gasteiger partial charge in [-0.05, 0) is 30.2 Å². The zero-order valence-electron chi connectivity index (χ0n) is 14.0. The summed E-state index contributed by atoms with van der Waals surface area (Å²) in [5.74, 6) is -0.347. The first-order chi connectivity index (χ1) is 12.7. The molecule has 26 heavy (non-hydrogen) atoms. The Kier molecular flexibility index (Phi) is 4.46. The monoisotopic (exact) mass is 370 g/mol. The van der Waals surface area contributed by atoms with Crippen LogP contribution in [0.2, 0.25) is 0 Å². The van der Waals surface area contributed by atoms with Crippen LogP contribution in [0.3, 0.4) is 0 Å². The fourth-order valence-electron chi connectivity index (χ4n) is 2.89. The van der Waals surface area contributed by atoms with Gasteiger partial charge in [0.2, 0.25) is 0 Å². The van der Waals surface area contributed by atoms with Gasteiger partial charge in [-0.1, -0.05) is 31.0 Å². The zero-order valence-corrected chi connectivity index (χ0v) is 14.8. The smallest absolute Gasteiger partial charge is 0.178 e. The van der Waals surface area contributed by atoms with Gasteiger partial charge in [0, 0.05) is 22.7 Å². The number of anilines is 1. The van der Waals surface area contributed by atoms with Gasteiger partial charge in [-0.2, -0.15) is 0 Å². The van der Waals surface area contributed by atoms with E-state index in [1.54, 1.807) is 24.7 Å². The van der Waals surface area contributed by atoms with Crippen LogP contribution in [0.4, 0.5) is 14.5 Å². The van der Waals surface area contributed by atoms with E-state index in [4.69, 9.17) is 0 Å². The van der Waals surface area contributed by atoms with Crippen LogP contribution in [0, 0.1) is 11.6 Å². The van der Waals surface area contributed by atoms with Crippen LogP contribution in [0.25, 0.3) is 33.1 Å². The predicted molar refractivity (Wildman–Crippen MR) is 103 cm³/mol. The van der Waals surface area contributed by atoms with Crippen molar-refractivity contribution in [2.75, 3.05) is 10.5 Å². The van der Waals surface area contributed by atoms with Crippen LogP contribution < -0.4 is 4.72 Å². The SMILES string of the molecule is CCCSNc1ccc(F)c(-c2ccc3c(cnc4nc[nH]c43)c2)c1F. The molecule has 0 unspecified atom stereocenters. The van der Waals surface area contributed by atoms with Crippen molar-refractivity contribution in [1.29, 1.82) is 0 Å². The van der Waals surface area contributed by atoms with Gasteiger partial charge in [0.25, 0.3) is 0 Å². The second-order valence-electron chi connectivity index (χ2n) is 5.90. The van der Waals surface area contributed by atoms with E-state index in [1.165, 1.54) is 24.1 Å². The van der Waals surface area contributed by atoms with Crippen LogP contribution in [0.5, 0.6) is 0 Å². The number of rotatable bonds is 5. The Morgan fingerprint density at radius 2 is 2.04 bits per heavy atom. The molecule has 0 bridgehead atoms. The average Bonchev–Trinajstić information content (AvgIpc) is 3.13. The summed E-state index contributed by atoms with van der Waals surface area (Å²) in [6.45, 7) is 2.04. The van der Waals surface area contributed by atoms with Crippen LogP contribution in [0.1, 0.15) is 13.3 Å². The van der Waals surface area contributed by atoms with Crippen LogP contribution in [-0.2, 0) is 0 Å². The minimum absolute atomic E-state index is 0.0429. The van der Waals surface area contributed by atoms with E-state index in [9.17, 15) is 8.78 Å². The summed E-state index contributed by atoms with van der Waals surface area (Å²) in [5.41, 5.74) is 2.13. The molecule has 0 aliphatic rings. The molecule has 0 saturated heterocycles. The molecule has 0 spiro atoms. The molecule has 2 N–H and O–H groups in total. The number of aromatic amines is 1. The standard InChI is InChI=1S/C19H16F2N4S/c1-2-7-26-25-15-6-5-14(20)16(17(15)21)11-3-4-13-12(8-11)9-22-19-18(13)23-10-24-19/h3-6,8-10,25H,2,7H2,1H3,(H,22,23,24). The van der Waals surface area contributed by atoms with Gasteiger partial charge in [-0.15, -0.1) is 0 Å². The highest BCUT2D eigenvalue weighted by Gasteiger charge is 2.16. The Bertz CT molecular complexity index is 1090. The van der Waals surface area contributed by atoms with Crippen molar-refractivity contribution < 1.29 is 8.78 Å². The van der Waals surface area contributed by atoms with E-state index in [-0.39, 0.29) is 11.3 Å². The summed E-state index contributed by atoms with van der Waals surface area (Å²) in [6, 6.07) is 8.00. The number of benzene rings is 2. The number of hydrogen-bond donors (Lipinski definition) is 2. The van der Waals surface area contributed by atoms with Crippen LogP contribution in [0.15, 0.2) is 42.9 Å². The van der Waals surface area contributed by atoms with E-state index in [2.05, 4.69) is 19.7 Å². The van der Waals surface area contributed by atoms with Crippen molar-refractivity contribution in [3.8, 4) is 11.1 Å². The molecule has 4 rings (SSSR count). The summed E-state index contributed by atoms with van der Waals surface area (Å²) in [6.07, 6.45) is 4.21. The molecule has 4 nitrogen and oxygen atoms in total. The Morgan fingerprint density at radius 1 is 1.15 bits per heavy atom. The molecule has 0 aliphatic heterocycles. The fourth-order valence-corrected chi connectivity index (χ4v) is 3.51. The van der Waals surface area contributed by atoms with Crippen molar-refractivity contribution in [2.24, 2.45) is 0 Å². The number of nitrogens with one attached hydrogen (secondary N) is 2. The molecule has 0 aliphatic carbocycles. The van der Waals surface area contributed by atoms with Gasteiger partial charge in [-0.25, -0.2) is 18.7 Å². The maximum atomic E-state index is 14.9. The Balaban J connectivity index is 1.81. The molecular weight excluding hydrogens is 354 g/mol. The third-order valence-electron chi connectivity index (χ3n) is 4.13. The van der Waals surface area contributed by atoms with Gasteiger partial charge >= 0.3 is 0 Å². The highest BCUT2D eigenvalue weighted by molar-refractivity contribution is 8.00. The first kappa shape index (κ1) is 16.8. The average molecular weight is 370 g/mol. The molecule has 2 aromatic heterocycles. The number of pyridine rings is 1. The topological polar surface area (TPSA) is 53.6 Å². The van der Waals surface area contributed by atoms with Crippen molar-refractivity contribution in [3.05, 3.63) is 54.5 Å². The molecule has 0 radical (unpaired) electrons. The lowest BCUT2D eigenvalue weighted by molar-refractivity contribution is 0.592. The second-order valence-corrected chi connectivity index (χ2v) is 6.80. The van der Waals surface area contributed by atoms with Gasteiger partial charge in [0.05, 0.1) is 23.1 Å². The summed E-state index contributed by atoms with van der Waals surface area (Å²) in [7, 11) is 0. The highest BCUT2D eigenvalue weighted by Crippen LogP contribution is 2.34. The molecule has 132 valence electrons. The number of halogens is 2. The van der Waals surface area contributed by atoms with Crippen LogP contribution in [-0.4, -0.2) is 20.7 Å². The fraction of sp³-hybridized carbons (Fsp3) is 0.158. The van der Waals surface area contributed by atoms with Gasteiger partial charge in [0.1, 0.15) is 5.82 Å². The van der Waals surface area contributed by atoms with Crippen molar-refractivity contribution in [1.82, 2.24) is 15.0 Å². The lowest BCUT2D eigenvalue weighted by Crippen LogP contribution is -1.97. The van der Waals surface area contributed by atoms with Crippen LogP contribution >= 0.6 is 11.9 Å². The Morgan fingerprint density at radius 3 is 2.88 bits per heavy atom. The van der Waals surface area contributed by atoms with Crippen molar-refractivity contribution >= 4 is 39.6 Å². The van der Waals surface area contributed by atoms with E-state index < -0.39 is 11.6 Å². The maximum Gasteiger partial charge on any atom is 0.178 e. The second kappa shape index (κ2) is 6.92. The van der Waals surface area contributed by atoms with E-state index in [0.717, 1.165) is 28.5 Å². The Hall–Kier alpha value is -2.67. The highest BCUT2D eigenvalue weighted by atomic mass is 32.2. The minimum atomic E-state index is -0.594. The normalized spacial score (nSPS) is 11.3. The number of H-pyrrole nitrogens is 1. The number of hydrogen-bond acceptors (Lipinski definition) is 4. The van der Waals surface area contributed by atoms with Crippen molar-refractivity contribution in [3.63, 3.8) is 0 Å². The molecule has 0 atom stereocenters. The van der Waals surface area contributed by atoms with Gasteiger partial charge < -0.3 is 9.71 Å². The third-order valence-corrected chi connectivity index (χ3v) is 5.11.